The van der Waals surface area contributed by atoms with Crippen molar-refractivity contribution in [3.63, 3.8) is 0 Å². The second-order valence-electron chi connectivity index (χ2n) is 8.87. The van der Waals surface area contributed by atoms with Crippen LogP contribution in [0.5, 0.6) is 0 Å². The van der Waals surface area contributed by atoms with Gasteiger partial charge in [0.05, 0.1) is 0 Å². The molecule has 5 aromatic carbocycles. The second kappa shape index (κ2) is 10.7. The molecule has 0 N–H and O–H groups in total. The van der Waals surface area contributed by atoms with Crippen molar-refractivity contribution in [3.8, 4) is 11.1 Å². The van der Waals surface area contributed by atoms with E-state index in [2.05, 4.69) is 28.1 Å². The Kier molecular flexibility index (Phi) is 7.54. The molecule has 0 amide bonds. The third-order valence-electron chi connectivity index (χ3n) is 6.77. The number of rotatable bonds is 8. The topological polar surface area (TPSA) is 78.4 Å². The van der Waals surface area contributed by atoms with E-state index in [9.17, 15) is 14.0 Å². The monoisotopic (exact) mass is 606 g/mol. The average Bonchev–Trinajstić information content (AvgIpc) is 2.97. The minimum absolute atomic E-state index is 0.604. The van der Waals surface area contributed by atoms with Gasteiger partial charge in [0.2, 0.25) is 0 Å². The average molecular weight is 608 g/mol. The van der Waals surface area contributed by atoms with E-state index in [1.54, 1.807) is 0 Å². The molecule has 0 aliphatic carbocycles. The minimum atomic E-state index is -4.86. The van der Waals surface area contributed by atoms with Crippen molar-refractivity contribution in [2.45, 2.75) is 5.33 Å². The summed E-state index contributed by atoms with van der Waals surface area (Å²) in [6.07, 6.45) is 0. The van der Waals surface area contributed by atoms with E-state index in [0.717, 1.165) is 16.5 Å². The van der Waals surface area contributed by atoms with E-state index in [-0.39, 0.29) is 0 Å². The van der Waals surface area contributed by atoms with E-state index in [1.807, 2.05) is 127 Å². The fraction of sp³-hybridized carbons (Fsp3) is 0.0323. The van der Waals surface area contributed by atoms with Crippen LogP contribution in [0.2, 0.25) is 0 Å². The number of hydrogen-bond acceptors (Lipinski definition) is 4. The van der Waals surface area contributed by atoms with Gasteiger partial charge in [-0.2, -0.15) is 0 Å². The summed E-state index contributed by atoms with van der Waals surface area (Å²) in [7, 11) is -4.86. The van der Waals surface area contributed by atoms with Gasteiger partial charge in [-0.15, -0.1) is 0 Å². The summed E-state index contributed by atoms with van der Waals surface area (Å²) in [5.74, 6) is 0. The molecule has 0 bridgehead atoms. The van der Waals surface area contributed by atoms with Crippen molar-refractivity contribution in [1.82, 2.24) is 0 Å². The molecule has 0 saturated carbocycles. The quantitative estimate of drug-likeness (QED) is 0.201. The molecule has 5 rings (SSSR count). The zero-order valence-electron chi connectivity index (χ0n) is 20.3. The van der Waals surface area contributed by atoms with E-state index < -0.39 is 17.1 Å². The van der Waals surface area contributed by atoms with Gasteiger partial charge in [0.25, 0.3) is 0 Å². The molecule has 192 valence electrons. The van der Waals surface area contributed by atoms with Crippen LogP contribution in [-0.2, 0) is 9.41 Å². The molecule has 5 aromatic rings. The molecule has 0 aromatic heterocycles. The van der Waals surface area contributed by atoms with Crippen molar-refractivity contribution >= 4 is 44.0 Å². The van der Waals surface area contributed by atoms with Gasteiger partial charge in [0.15, 0.2) is 0 Å². The Morgan fingerprint density at radius 3 is 1.18 bits per heavy atom. The van der Waals surface area contributed by atoms with Gasteiger partial charge in [0, 0.05) is 0 Å². The Morgan fingerprint density at radius 2 is 0.842 bits per heavy atom. The number of alkyl halides is 1. The first-order valence-electron chi connectivity index (χ1n) is 11.9. The summed E-state index contributed by atoms with van der Waals surface area (Å²) >= 11 is 3.48. The molecule has 0 spiro atoms. The van der Waals surface area contributed by atoms with Gasteiger partial charge in [-0.3, -0.25) is 0 Å². The van der Waals surface area contributed by atoms with Gasteiger partial charge >= 0.3 is 234 Å². The molecule has 0 unspecified atom stereocenters. The molecule has 0 fully saturated rings. The SMILES string of the molecule is [O-][Cl+3]([O-])([O-])OP(c1ccccc1)(c1ccccc1)(c1ccccc1)c1ccc(-c2ccc(CBr)cc2)cc1. The molecule has 0 heterocycles. The Bertz CT molecular complexity index is 1390. The number of halogens is 2. The van der Waals surface area contributed by atoms with Gasteiger partial charge in [-0.1, -0.05) is 0 Å². The first-order chi connectivity index (χ1) is 18.4. The Morgan fingerprint density at radius 1 is 0.500 bits per heavy atom. The van der Waals surface area contributed by atoms with Crippen molar-refractivity contribution in [3.05, 3.63) is 145 Å². The summed E-state index contributed by atoms with van der Waals surface area (Å²) in [5, 5.41) is 3.20. The number of benzene rings is 5. The molecule has 0 radical (unpaired) electrons. The third kappa shape index (κ3) is 4.61. The van der Waals surface area contributed by atoms with Gasteiger partial charge in [-0.05, 0) is 0 Å². The number of hydrogen-bond donors (Lipinski definition) is 0. The Hall–Kier alpha value is -2.86. The molecule has 7 heteroatoms. The van der Waals surface area contributed by atoms with Crippen LogP contribution < -0.4 is 35.2 Å². The molecule has 4 nitrogen and oxygen atoms in total. The standard InChI is InChI=1S/C31H25BrClO4P/c32-24-25-16-18-26(19-17-25)27-20-22-31(23-21-27)38(37-33(34,35)36,28-10-4-1-5-11-28,29-12-6-2-7-13-29)30-14-8-3-9-15-30/h1-23H,24H2. The molecule has 0 saturated heterocycles. The fourth-order valence-electron chi connectivity index (χ4n) is 5.08. The van der Waals surface area contributed by atoms with Crippen molar-refractivity contribution in [2.75, 3.05) is 0 Å². The third-order valence-corrected chi connectivity index (χ3v) is 14.3. The summed E-state index contributed by atoms with van der Waals surface area (Å²) in [4.78, 5) is 0. The summed E-state index contributed by atoms with van der Waals surface area (Å²) < 4.78 is 44.2. The van der Waals surface area contributed by atoms with Crippen LogP contribution in [0.4, 0.5) is 0 Å². The molecule has 0 aliphatic heterocycles. The normalized spacial score (nSPS) is 13.0. The maximum absolute atomic E-state index is 12.7. The van der Waals surface area contributed by atoms with Crippen LogP contribution in [0.25, 0.3) is 11.1 Å². The summed E-state index contributed by atoms with van der Waals surface area (Å²) in [6, 6.07) is 43.5. The first-order valence-corrected chi connectivity index (χ1v) is 16.4. The van der Waals surface area contributed by atoms with Crippen molar-refractivity contribution in [2.24, 2.45) is 0 Å². The van der Waals surface area contributed by atoms with E-state index in [1.165, 1.54) is 5.56 Å². The molecule has 0 atom stereocenters. The van der Waals surface area contributed by atoms with Crippen LogP contribution in [-0.4, -0.2) is 0 Å². The van der Waals surface area contributed by atoms with Crippen LogP contribution in [0.1, 0.15) is 5.56 Å². The van der Waals surface area contributed by atoms with Crippen LogP contribution in [0, 0.1) is 10.2 Å². The van der Waals surface area contributed by atoms with E-state index in [4.69, 9.17) is 4.08 Å². The van der Waals surface area contributed by atoms with E-state index >= 15 is 0 Å². The van der Waals surface area contributed by atoms with Gasteiger partial charge < -0.3 is 0 Å². The summed E-state index contributed by atoms with van der Waals surface area (Å²) in [5.41, 5.74) is 3.15. The molecular weight excluding hydrogens is 583 g/mol. The predicted octanol–water partition coefficient (Wildman–Crippen LogP) is 3.23. The van der Waals surface area contributed by atoms with Crippen molar-refractivity contribution < 1.29 is 28.3 Å². The Balaban J connectivity index is 1.89. The van der Waals surface area contributed by atoms with Crippen LogP contribution in [0.15, 0.2) is 140 Å². The van der Waals surface area contributed by atoms with E-state index in [0.29, 0.717) is 21.2 Å². The Labute approximate surface area is 233 Å². The molecule has 0 aliphatic rings. The zero-order valence-corrected chi connectivity index (χ0v) is 23.6. The van der Waals surface area contributed by atoms with Gasteiger partial charge in [-0.25, -0.2) is 0 Å². The van der Waals surface area contributed by atoms with Gasteiger partial charge in [0.1, 0.15) is 0 Å². The van der Waals surface area contributed by atoms with Crippen molar-refractivity contribution in [1.29, 1.82) is 0 Å². The fourth-order valence-corrected chi connectivity index (χ4v) is 12.8. The molecule has 38 heavy (non-hydrogen) atoms. The zero-order chi connectivity index (χ0) is 26.7. The maximum atomic E-state index is 12.7. The second-order valence-corrected chi connectivity index (χ2v) is 14.9. The molecular formula is C31H25BrClO4P. The van der Waals surface area contributed by atoms with Crippen LogP contribution >= 0.6 is 22.8 Å². The van der Waals surface area contributed by atoms with Crippen LogP contribution in [0.3, 0.4) is 0 Å². The summed E-state index contributed by atoms with van der Waals surface area (Å²) in [6.45, 7) is -4.58. The predicted molar refractivity (Wildman–Crippen MR) is 150 cm³/mol. The first kappa shape index (κ1) is 26.7.